The van der Waals surface area contributed by atoms with Gasteiger partial charge in [-0.1, -0.05) is 0 Å². The lowest BCUT2D eigenvalue weighted by Crippen LogP contribution is -2.36. The third kappa shape index (κ3) is 3.65. The number of nitrogens with one attached hydrogen (secondary N) is 1. The van der Waals surface area contributed by atoms with Crippen LogP contribution in [0.5, 0.6) is 0 Å². The first-order valence-corrected chi connectivity index (χ1v) is 6.89. The quantitative estimate of drug-likeness (QED) is 0.768. The first kappa shape index (κ1) is 15.4. The van der Waals surface area contributed by atoms with E-state index < -0.39 is 33.2 Å². The number of benzene rings is 1. The summed E-state index contributed by atoms with van der Waals surface area (Å²) in [6.07, 6.45) is 0. The number of sulfonamides is 1. The Bertz CT molecular complexity index is 599. The molecule has 0 aliphatic carbocycles. The van der Waals surface area contributed by atoms with E-state index in [4.69, 9.17) is 5.73 Å². The second-order valence-corrected chi connectivity index (χ2v) is 5.99. The van der Waals surface area contributed by atoms with Crippen molar-refractivity contribution in [2.24, 2.45) is 0 Å². The summed E-state index contributed by atoms with van der Waals surface area (Å²) < 4.78 is 39.4. The molecule has 0 fully saturated rings. The Hall–Kier alpha value is -1.67. The molecule has 0 spiro atoms. The molecule has 1 rings (SSSR count). The number of halogens is 1. The third-order valence-corrected chi connectivity index (χ3v) is 3.94. The summed E-state index contributed by atoms with van der Waals surface area (Å²) in [4.78, 5) is 12.0. The van der Waals surface area contributed by atoms with E-state index in [1.54, 1.807) is 6.92 Å². The van der Waals surface area contributed by atoms with Gasteiger partial charge in [0.25, 0.3) is 0 Å². The van der Waals surface area contributed by atoms with Crippen molar-refractivity contribution >= 4 is 21.6 Å². The molecule has 1 aromatic carbocycles. The number of amides is 1. The predicted molar refractivity (Wildman–Crippen MR) is 69.4 cm³/mol. The van der Waals surface area contributed by atoms with Crippen molar-refractivity contribution in [3.63, 3.8) is 0 Å². The van der Waals surface area contributed by atoms with E-state index in [1.165, 1.54) is 19.0 Å². The molecular formula is C11H16FN3O3S. The lowest BCUT2D eigenvalue weighted by Gasteiger charge is -2.12. The molecule has 0 heterocycles. The Morgan fingerprint density at radius 3 is 2.53 bits per heavy atom. The van der Waals surface area contributed by atoms with Gasteiger partial charge in [0.1, 0.15) is 10.7 Å². The van der Waals surface area contributed by atoms with Crippen LogP contribution in [0, 0.1) is 12.7 Å². The van der Waals surface area contributed by atoms with Crippen molar-refractivity contribution < 1.29 is 17.6 Å². The zero-order chi connectivity index (χ0) is 14.8. The minimum atomic E-state index is -4.11. The Labute approximate surface area is 111 Å². The van der Waals surface area contributed by atoms with Crippen LogP contribution in [-0.4, -0.2) is 39.9 Å². The van der Waals surface area contributed by atoms with Crippen LogP contribution in [0.4, 0.5) is 10.1 Å². The zero-order valence-corrected chi connectivity index (χ0v) is 11.7. The maximum atomic E-state index is 13.6. The van der Waals surface area contributed by atoms with Gasteiger partial charge in [0.05, 0.1) is 6.54 Å². The number of hydrogen-bond donors (Lipinski definition) is 2. The summed E-state index contributed by atoms with van der Waals surface area (Å²) in [6, 6.07) is 2.07. The van der Waals surface area contributed by atoms with Crippen LogP contribution in [0.15, 0.2) is 17.0 Å². The van der Waals surface area contributed by atoms with Gasteiger partial charge < -0.3 is 10.6 Å². The highest BCUT2D eigenvalue weighted by atomic mass is 32.2. The fraction of sp³-hybridized carbons (Fsp3) is 0.364. The number of nitrogens with zero attached hydrogens (tertiary/aromatic N) is 1. The molecular weight excluding hydrogens is 273 g/mol. The monoisotopic (exact) mass is 289 g/mol. The molecule has 0 radical (unpaired) electrons. The molecule has 0 saturated carbocycles. The Balaban J connectivity index is 3.01. The van der Waals surface area contributed by atoms with Gasteiger partial charge >= 0.3 is 0 Å². The number of rotatable bonds is 4. The van der Waals surface area contributed by atoms with Gasteiger partial charge in [-0.05, 0) is 24.6 Å². The molecule has 19 heavy (non-hydrogen) atoms. The Morgan fingerprint density at radius 1 is 1.42 bits per heavy atom. The third-order valence-electron chi connectivity index (χ3n) is 2.52. The lowest BCUT2D eigenvalue weighted by molar-refractivity contribution is -0.127. The van der Waals surface area contributed by atoms with Gasteiger partial charge in [0, 0.05) is 19.8 Å². The smallest absolute Gasteiger partial charge is 0.244 e. The van der Waals surface area contributed by atoms with E-state index >= 15 is 0 Å². The Kier molecular flexibility index (Phi) is 4.48. The molecule has 0 aliphatic heterocycles. The SMILES string of the molecule is Cc1cc(F)c(S(=O)(=O)NCC(=O)N(C)C)cc1N. The van der Waals surface area contributed by atoms with Crippen LogP contribution in [0.25, 0.3) is 0 Å². The molecule has 1 amide bonds. The highest BCUT2D eigenvalue weighted by molar-refractivity contribution is 7.89. The van der Waals surface area contributed by atoms with Gasteiger partial charge in [-0.25, -0.2) is 17.5 Å². The number of anilines is 1. The molecule has 0 atom stereocenters. The van der Waals surface area contributed by atoms with E-state index in [1.807, 2.05) is 4.72 Å². The maximum Gasteiger partial charge on any atom is 0.244 e. The van der Waals surface area contributed by atoms with Gasteiger partial charge in [-0.2, -0.15) is 0 Å². The average molecular weight is 289 g/mol. The molecule has 1 aromatic rings. The summed E-state index contributed by atoms with van der Waals surface area (Å²) >= 11 is 0. The van der Waals surface area contributed by atoms with Crippen LogP contribution >= 0.6 is 0 Å². The van der Waals surface area contributed by atoms with Crippen molar-refractivity contribution in [1.82, 2.24) is 9.62 Å². The summed E-state index contributed by atoms with van der Waals surface area (Å²) in [7, 11) is -1.14. The molecule has 106 valence electrons. The summed E-state index contributed by atoms with van der Waals surface area (Å²) in [6.45, 7) is 1.13. The predicted octanol–water partition coefficient (Wildman–Crippen LogP) is 0.0828. The van der Waals surface area contributed by atoms with Crippen molar-refractivity contribution in [2.45, 2.75) is 11.8 Å². The topological polar surface area (TPSA) is 92.5 Å². The van der Waals surface area contributed by atoms with Gasteiger partial charge in [0.2, 0.25) is 15.9 Å². The molecule has 0 unspecified atom stereocenters. The maximum absolute atomic E-state index is 13.6. The van der Waals surface area contributed by atoms with Crippen LogP contribution in [0.1, 0.15) is 5.56 Å². The Morgan fingerprint density at radius 2 is 2.00 bits per heavy atom. The van der Waals surface area contributed by atoms with E-state index in [9.17, 15) is 17.6 Å². The molecule has 0 aromatic heterocycles. The highest BCUT2D eigenvalue weighted by Gasteiger charge is 2.21. The summed E-state index contributed by atoms with van der Waals surface area (Å²) in [5, 5.41) is 0. The van der Waals surface area contributed by atoms with Crippen LogP contribution in [0.3, 0.4) is 0 Å². The second-order valence-electron chi connectivity index (χ2n) is 4.25. The first-order chi connectivity index (χ1) is 8.65. The van der Waals surface area contributed by atoms with Crippen LogP contribution in [0.2, 0.25) is 0 Å². The average Bonchev–Trinajstić information content (AvgIpc) is 2.30. The van der Waals surface area contributed by atoms with Crippen LogP contribution < -0.4 is 10.5 Å². The highest BCUT2D eigenvalue weighted by Crippen LogP contribution is 2.21. The minimum absolute atomic E-state index is 0.167. The standard InChI is InChI=1S/C11H16FN3O3S/c1-7-4-8(12)10(5-9(7)13)19(17,18)14-6-11(16)15(2)3/h4-5,14H,6,13H2,1-3H3. The molecule has 0 saturated heterocycles. The largest absolute Gasteiger partial charge is 0.398 e. The van der Waals surface area contributed by atoms with Crippen molar-refractivity contribution in [2.75, 3.05) is 26.4 Å². The second kappa shape index (κ2) is 5.54. The lowest BCUT2D eigenvalue weighted by atomic mass is 10.2. The van der Waals surface area contributed by atoms with Crippen molar-refractivity contribution in [3.05, 3.63) is 23.5 Å². The zero-order valence-electron chi connectivity index (χ0n) is 10.9. The molecule has 3 N–H and O–H groups in total. The number of carbonyl (C=O) groups excluding carboxylic acids is 1. The van der Waals surface area contributed by atoms with Gasteiger partial charge in [-0.15, -0.1) is 0 Å². The molecule has 0 bridgehead atoms. The number of nitrogens with two attached hydrogens (primary N) is 1. The summed E-state index contributed by atoms with van der Waals surface area (Å²) in [5.74, 6) is -1.35. The normalized spacial score (nSPS) is 11.4. The van der Waals surface area contributed by atoms with Crippen LogP contribution in [-0.2, 0) is 14.8 Å². The number of likely N-dealkylation sites (N-methyl/N-ethyl adjacent to an activating group) is 1. The van der Waals surface area contributed by atoms with Gasteiger partial charge in [-0.3, -0.25) is 4.79 Å². The fourth-order valence-electron chi connectivity index (χ4n) is 1.27. The minimum Gasteiger partial charge on any atom is -0.398 e. The molecule has 6 nitrogen and oxygen atoms in total. The molecule has 0 aliphatic rings. The number of hydrogen-bond acceptors (Lipinski definition) is 4. The van der Waals surface area contributed by atoms with Crippen molar-refractivity contribution in [3.8, 4) is 0 Å². The first-order valence-electron chi connectivity index (χ1n) is 5.40. The number of aryl methyl sites for hydroxylation is 1. The van der Waals surface area contributed by atoms with E-state index in [-0.39, 0.29) is 5.69 Å². The van der Waals surface area contributed by atoms with Crippen molar-refractivity contribution in [1.29, 1.82) is 0 Å². The fourth-order valence-corrected chi connectivity index (χ4v) is 2.33. The van der Waals surface area contributed by atoms with Gasteiger partial charge in [0.15, 0.2) is 0 Å². The van der Waals surface area contributed by atoms with E-state index in [2.05, 4.69) is 0 Å². The number of carbonyl (C=O) groups is 1. The number of nitrogen functional groups attached to an aromatic ring is 1. The van der Waals surface area contributed by atoms with E-state index in [0.717, 1.165) is 12.1 Å². The molecule has 8 heteroatoms. The summed E-state index contributed by atoms with van der Waals surface area (Å²) in [5.41, 5.74) is 6.17. The van der Waals surface area contributed by atoms with E-state index in [0.29, 0.717) is 5.56 Å².